The molecule has 0 atom stereocenters. The Morgan fingerprint density at radius 3 is 2.47 bits per heavy atom. The minimum absolute atomic E-state index is 0.0607. The number of rotatable bonds is 6. The number of halogens is 1. The maximum Gasteiger partial charge on any atom is 0.270 e. The number of nitrogens with zero attached hydrogens (tertiary/aromatic N) is 3. The van der Waals surface area contributed by atoms with E-state index in [0.29, 0.717) is 26.2 Å². The van der Waals surface area contributed by atoms with Crippen molar-refractivity contribution < 1.29 is 14.5 Å². The number of non-ortho nitro benzene ring substituents is 1. The van der Waals surface area contributed by atoms with E-state index in [-0.39, 0.29) is 34.6 Å². The maximum absolute atomic E-state index is 12.7. The summed E-state index contributed by atoms with van der Waals surface area (Å²) in [5.41, 5.74) is 1.99. The van der Waals surface area contributed by atoms with Gasteiger partial charge in [-0.05, 0) is 24.1 Å². The van der Waals surface area contributed by atoms with Crippen LogP contribution in [0.1, 0.15) is 22.8 Å². The van der Waals surface area contributed by atoms with Gasteiger partial charge in [-0.25, -0.2) is 0 Å². The zero-order chi connectivity index (χ0) is 21.7. The molecule has 1 heterocycles. The summed E-state index contributed by atoms with van der Waals surface area (Å²) in [7, 11) is 0. The summed E-state index contributed by atoms with van der Waals surface area (Å²) >= 11 is 6.07. The van der Waals surface area contributed by atoms with Gasteiger partial charge < -0.3 is 10.2 Å². The Morgan fingerprint density at radius 1 is 1.13 bits per heavy atom. The fourth-order valence-electron chi connectivity index (χ4n) is 3.41. The third-order valence-electron chi connectivity index (χ3n) is 5.09. The average molecular weight is 431 g/mol. The van der Waals surface area contributed by atoms with Crippen LogP contribution in [0.5, 0.6) is 0 Å². The molecule has 0 aliphatic carbocycles. The van der Waals surface area contributed by atoms with Gasteiger partial charge in [-0.15, -0.1) is 0 Å². The van der Waals surface area contributed by atoms with E-state index in [9.17, 15) is 19.7 Å². The van der Waals surface area contributed by atoms with Gasteiger partial charge in [0.1, 0.15) is 0 Å². The van der Waals surface area contributed by atoms with Crippen molar-refractivity contribution in [3.63, 3.8) is 0 Å². The van der Waals surface area contributed by atoms with E-state index in [1.165, 1.54) is 18.2 Å². The summed E-state index contributed by atoms with van der Waals surface area (Å²) in [6.45, 7) is 4.30. The molecule has 0 spiro atoms. The molecular weight excluding hydrogens is 408 g/mol. The lowest BCUT2D eigenvalue weighted by Gasteiger charge is -2.34. The molecule has 0 bridgehead atoms. The summed E-state index contributed by atoms with van der Waals surface area (Å²) in [4.78, 5) is 39.0. The Morgan fingerprint density at radius 2 is 1.83 bits per heavy atom. The van der Waals surface area contributed by atoms with E-state index in [1.807, 2.05) is 36.1 Å². The molecule has 9 heteroatoms. The summed E-state index contributed by atoms with van der Waals surface area (Å²) < 4.78 is 0. The van der Waals surface area contributed by atoms with Crippen molar-refractivity contribution >= 4 is 34.8 Å². The predicted octanol–water partition coefficient (Wildman–Crippen LogP) is 3.21. The highest BCUT2D eigenvalue weighted by Crippen LogP contribution is 2.24. The van der Waals surface area contributed by atoms with Crippen LogP contribution in [0.2, 0.25) is 5.02 Å². The minimum Gasteiger partial charge on any atom is -0.336 e. The molecule has 2 amide bonds. The second kappa shape index (κ2) is 9.69. The van der Waals surface area contributed by atoms with E-state index >= 15 is 0 Å². The zero-order valence-corrected chi connectivity index (χ0v) is 17.4. The molecule has 2 aromatic carbocycles. The lowest BCUT2D eigenvalue weighted by molar-refractivity contribution is -0.384. The summed E-state index contributed by atoms with van der Waals surface area (Å²) in [5, 5.41) is 13.8. The van der Waals surface area contributed by atoms with E-state index in [0.717, 1.165) is 17.7 Å². The standard InChI is InChI=1S/C21H23ClN4O4/c1-2-15-5-3-4-6-19(15)23-20(27)14-24-9-11-25(12-10-24)21(28)17-8-7-16(26(29)30)13-18(17)22/h3-8,13H,2,9-12,14H2,1H3,(H,23,27). The van der Waals surface area contributed by atoms with Gasteiger partial charge in [0.15, 0.2) is 0 Å². The van der Waals surface area contributed by atoms with Crippen LogP contribution in [-0.2, 0) is 11.2 Å². The first kappa shape index (κ1) is 21.7. The van der Waals surface area contributed by atoms with Crippen molar-refractivity contribution in [2.75, 3.05) is 38.0 Å². The average Bonchev–Trinajstić information content (AvgIpc) is 2.74. The fraction of sp³-hybridized carbons (Fsp3) is 0.333. The van der Waals surface area contributed by atoms with Crippen LogP contribution in [0.25, 0.3) is 0 Å². The smallest absolute Gasteiger partial charge is 0.270 e. The number of amides is 2. The topological polar surface area (TPSA) is 95.8 Å². The third kappa shape index (κ3) is 5.14. The number of carbonyl (C=O) groups excluding carboxylic acids is 2. The van der Waals surface area contributed by atoms with Crippen molar-refractivity contribution in [2.24, 2.45) is 0 Å². The Hall–Kier alpha value is -2.97. The number of nitro groups is 1. The van der Waals surface area contributed by atoms with E-state index in [1.54, 1.807) is 4.90 Å². The van der Waals surface area contributed by atoms with E-state index in [4.69, 9.17) is 11.6 Å². The van der Waals surface area contributed by atoms with Crippen LogP contribution in [0.15, 0.2) is 42.5 Å². The molecule has 158 valence electrons. The number of para-hydroxylation sites is 1. The molecule has 3 rings (SSSR count). The molecule has 0 unspecified atom stereocenters. The zero-order valence-electron chi connectivity index (χ0n) is 16.6. The molecule has 8 nitrogen and oxygen atoms in total. The highest BCUT2D eigenvalue weighted by atomic mass is 35.5. The number of aryl methyl sites for hydroxylation is 1. The first-order valence-corrected chi connectivity index (χ1v) is 10.1. The normalized spacial score (nSPS) is 14.4. The molecule has 2 aromatic rings. The van der Waals surface area contributed by atoms with Crippen LogP contribution >= 0.6 is 11.6 Å². The van der Waals surface area contributed by atoms with Gasteiger partial charge in [-0.3, -0.25) is 24.6 Å². The minimum atomic E-state index is -0.553. The van der Waals surface area contributed by atoms with Crippen molar-refractivity contribution in [2.45, 2.75) is 13.3 Å². The van der Waals surface area contributed by atoms with Gasteiger partial charge in [0.2, 0.25) is 5.91 Å². The van der Waals surface area contributed by atoms with Gasteiger partial charge in [-0.1, -0.05) is 36.7 Å². The summed E-state index contributed by atoms with van der Waals surface area (Å²) in [6.07, 6.45) is 0.836. The van der Waals surface area contributed by atoms with Crippen LogP contribution in [0, 0.1) is 10.1 Å². The summed E-state index contributed by atoms with van der Waals surface area (Å²) in [5.74, 6) is -0.357. The fourth-order valence-corrected chi connectivity index (χ4v) is 3.67. The lowest BCUT2D eigenvalue weighted by Crippen LogP contribution is -2.50. The quantitative estimate of drug-likeness (QED) is 0.560. The van der Waals surface area contributed by atoms with Crippen LogP contribution in [0.3, 0.4) is 0 Å². The van der Waals surface area contributed by atoms with Crippen molar-refractivity contribution in [1.82, 2.24) is 9.80 Å². The number of hydrogen-bond acceptors (Lipinski definition) is 5. The number of nitrogens with one attached hydrogen (secondary N) is 1. The van der Waals surface area contributed by atoms with E-state index in [2.05, 4.69) is 5.32 Å². The van der Waals surface area contributed by atoms with Gasteiger partial charge in [-0.2, -0.15) is 0 Å². The van der Waals surface area contributed by atoms with Gasteiger partial charge >= 0.3 is 0 Å². The Kier molecular flexibility index (Phi) is 7.02. The lowest BCUT2D eigenvalue weighted by atomic mass is 10.1. The van der Waals surface area contributed by atoms with Crippen molar-refractivity contribution in [3.05, 3.63) is 68.7 Å². The van der Waals surface area contributed by atoms with Gasteiger partial charge in [0.25, 0.3) is 11.6 Å². The molecule has 0 radical (unpaired) electrons. The first-order chi connectivity index (χ1) is 14.4. The number of hydrogen-bond donors (Lipinski definition) is 1. The molecule has 1 fully saturated rings. The first-order valence-electron chi connectivity index (χ1n) is 9.72. The highest BCUT2D eigenvalue weighted by molar-refractivity contribution is 6.34. The monoisotopic (exact) mass is 430 g/mol. The second-order valence-electron chi connectivity index (χ2n) is 7.05. The van der Waals surface area contributed by atoms with Crippen LogP contribution in [0.4, 0.5) is 11.4 Å². The Balaban J connectivity index is 1.54. The SMILES string of the molecule is CCc1ccccc1NC(=O)CN1CCN(C(=O)c2ccc([N+](=O)[O-])cc2Cl)CC1. The Labute approximate surface area is 179 Å². The molecule has 1 aliphatic heterocycles. The van der Waals surface area contributed by atoms with Crippen molar-refractivity contribution in [1.29, 1.82) is 0 Å². The predicted molar refractivity (Wildman–Crippen MR) is 115 cm³/mol. The van der Waals surface area contributed by atoms with Gasteiger partial charge in [0, 0.05) is 44.0 Å². The molecule has 1 saturated heterocycles. The van der Waals surface area contributed by atoms with Crippen LogP contribution < -0.4 is 5.32 Å². The summed E-state index contributed by atoms with van der Waals surface area (Å²) in [6, 6.07) is 11.6. The molecule has 0 aromatic heterocycles. The highest BCUT2D eigenvalue weighted by Gasteiger charge is 2.25. The van der Waals surface area contributed by atoms with Crippen molar-refractivity contribution in [3.8, 4) is 0 Å². The number of carbonyl (C=O) groups is 2. The molecule has 30 heavy (non-hydrogen) atoms. The van der Waals surface area contributed by atoms with Crippen LogP contribution in [-0.4, -0.2) is 59.3 Å². The number of nitro benzene ring substituents is 1. The molecule has 1 N–H and O–H groups in total. The third-order valence-corrected chi connectivity index (χ3v) is 5.41. The molecular formula is C21H23ClN4O4. The molecule has 1 aliphatic rings. The Bertz CT molecular complexity index is 958. The number of piperazine rings is 1. The van der Waals surface area contributed by atoms with Gasteiger partial charge in [0.05, 0.1) is 22.1 Å². The van der Waals surface area contributed by atoms with E-state index < -0.39 is 4.92 Å². The largest absolute Gasteiger partial charge is 0.336 e. The maximum atomic E-state index is 12.7. The number of anilines is 1. The number of benzene rings is 2. The molecule has 0 saturated carbocycles. The second-order valence-corrected chi connectivity index (χ2v) is 7.46.